The number of hydrogen-bond acceptors (Lipinski definition) is 1. The van der Waals surface area contributed by atoms with Crippen LogP contribution in [0.1, 0.15) is 71.6 Å². The maximum atomic E-state index is 7.56. The van der Waals surface area contributed by atoms with Gasteiger partial charge in [-0.15, -0.1) is 0 Å². The normalized spacial score (nSPS) is 12.8. The van der Waals surface area contributed by atoms with Crippen molar-refractivity contribution in [3.8, 4) is 0 Å². The van der Waals surface area contributed by atoms with Crippen LogP contribution in [0.5, 0.6) is 0 Å². The standard InChI is InChI=1S/C12H25.H3O3PS.Zn/c1-3-5-7-9-11-12-10-8-6-4-2;1-4(2,3)5;/h9H,3-8,10-12H2,1-2H3;(H3,1,2,3,5);. The van der Waals surface area contributed by atoms with Crippen LogP contribution >= 0.6 is 6.72 Å². The quantitative estimate of drug-likeness (QED) is 0.334. The van der Waals surface area contributed by atoms with Crippen molar-refractivity contribution in [1.29, 1.82) is 0 Å². The number of unbranched alkanes of at least 4 members (excludes halogenated alkanes) is 5. The molecule has 1 unspecified atom stereocenters. The molecule has 0 aliphatic rings. The van der Waals surface area contributed by atoms with E-state index in [1.165, 1.54) is 76.1 Å². The van der Waals surface area contributed by atoms with Crippen LogP contribution in [0.15, 0.2) is 0 Å². The number of hydrogen-bond donors (Lipinski definition) is 3. The van der Waals surface area contributed by atoms with Crippen molar-refractivity contribution in [2.24, 2.45) is 0 Å². The van der Waals surface area contributed by atoms with Crippen LogP contribution in [0.2, 0.25) is 4.51 Å². The summed E-state index contributed by atoms with van der Waals surface area (Å²) in [7, 11) is 0. The molecule has 0 aliphatic heterocycles. The molecule has 0 heterocycles. The molecule has 0 aliphatic carbocycles. The van der Waals surface area contributed by atoms with Gasteiger partial charge < -0.3 is 14.7 Å². The maximum absolute atomic E-state index is 7.56. The molecule has 0 aromatic heterocycles. The molecule has 0 radical (unpaired) electrons. The zero-order valence-corrected chi connectivity index (χ0v) is 16.5. The molecule has 1 atom stereocenters. The molecule has 0 spiro atoms. The SMILES string of the molecule is CCCCCCC[CH]([Zn])CCCC.OP(O)(O)=S. The van der Waals surface area contributed by atoms with E-state index in [1.54, 1.807) is 0 Å². The van der Waals surface area contributed by atoms with Gasteiger partial charge >= 0.3 is 101 Å². The summed E-state index contributed by atoms with van der Waals surface area (Å²) in [4.78, 5) is 22.7. The summed E-state index contributed by atoms with van der Waals surface area (Å²) in [6.45, 7) is 0.782. The van der Waals surface area contributed by atoms with Crippen molar-refractivity contribution in [1.82, 2.24) is 0 Å². The Kier molecular flexibility index (Phi) is 17.4. The van der Waals surface area contributed by atoms with Gasteiger partial charge in [-0.2, -0.15) is 0 Å². The van der Waals surface area contributed by atoms with E-state index in [9.17, 15) is 0 Å². The van der Waals surface area contributed by atoms with E-state index in [-0.39, 0.29) is 0 Å². The average molecular weight is 349 g/mol. The van der Waals surface area contributed by atoms with Crippen LogP contribution < -0.4 is 0 Å². The van der Waals surface area contributed by atoms with Crippen molar-refractivity contribution < 1.29 is 33.0 Å². The van der Waals surface area contributed by atoms with Crippen molar-refractivity contribution in [3.63, 3.8) is 0 Å². The number of rotatable bonds is 9. The molecule has 0 rings (SSSR count). The first-order valence-electron chi connectivity index (χ1n) is 6.92. The minimum absolute atomic E-state index is 1.10. The first-order chi connectivity index (χ1) is 8.31. The predicted octanol–water partition coefficient (Wildman–Crippen LogP) is 4.06. The summed E-state index contributed by atoms with van der Waals surface area (Å²) >= 11 is 5.13. The molecule has 0 aromatic rings. The van der Waals surface area contributed by atoms with Crippen LogP contribution in [0.25, 0.3) is 0 Å². The Morgan fingerprint density at radius 3 is 1.72 bits per heavy atom. The van der Waals surface area contributed by atoms with E-state index >= 15 is 0 Å². The summed E-state index contributed by atoms with van der Waals surface area (Å²) in [5.74, 6) is 0. The van der Waals surface area contributed by atoms with E-state index < -0.39 is 6.72 Å². The van der Waals surface area contributed by atoms with Gasteiger partial charge in [-0.3, -0.25) is 0 Å². The largest absolute Gasteiger partial charge is 0.325 e. The Labute approximate surface area is 127 Å². The average Bonchev–Trinajstić information content (AvgIpc) is 2.24. The van der Waals surface area contributed by atoms with E-state index in [4.69, 9.17) is 14.7 Å². The molecule has 18 heavy (non-hydrogen) atoms. The smallest absolute Gasteiger partial charge is 0.319 e. The van der Waals surface area contributed by atoms with Crippen molar-refractivity contribution >= 4 is 18.5 Å². The topological polar surface area (TPSA) is 60.7 Å². The van der Waals surface area contributed by atoms with Gasteiger partial charge in [-0.1, -0.05) is 0 Å². The molecule has 107 valence electrons. The van der Waals surface area contributed by atoms with Gasteiger partial charge in [0.05, 0.1) is 0 Å². The van der Waals surface area contributed by atoms with E-state index in [2.05, 4.69) is 25.7 Å². The van der Waals surface area contributed by atoms with Gasteiger partial charge in [0.25, 0.3) is 0 Å². The fraction of sp³-hybridized carbons (Fsp3) is 1.00. The molecular weight excluding hydrogens is 321 g/mol. The Morgan fingerprint density at radius 2 is 1.28 bits per heavy atom. The van der Waals surface area contributed by atoms with Crippen LogP contribution in [0, 0.1) is 0 Å². The summed E-state index contributed by atoms with van der Waals surface area (Å²) in [5, 5.41) is 0. The van der Waals surface area contributed by atoms with Crippen LogP contribution in [-0.4, -0.2) is 14.7 Å². The molecular formula is C12H28O3PSZn. The second kappa shape index (κ2) is 14.6. The molecule has 6 heteroatoms. The molecule has 0 fully saturated rings. The van der Waals surface area contributed by atoms with Gasteiger partial charge in [0.1, 0.15) is 0 Å². The Bertz CT molecular complexity index is 203. The molecule has 0 saturated carbocycles. The maximum Gasteiger partial charge on any atom is 0.319 e. The third-order valence-electron chi connectivity index (χ3n) is 2.68. The molecule has 0 amide bonds. The van der Waals surface area contributed by atoms with Gasteiger partial charge in [0.2, 0.25) is 0 Å². The van der Waals surface area contributed by atoms with Gasteiger partial charge in [-0.25, -0.2) is 0 Å². The molecule has 0 aromatic carbocycles. The van der Waals surface area contributed by atoms with Gasteiger partial charge in [0, 0.05) is 0 Å². The second-order valence-corrected chi connectivity index (χ2v) is 9.64. The summed E-state index contributed by atoms with van der Waals surface area (Å²) < 4.78 is 1.10. The summed E-state index contributed by atoms with van der Waals surface area (Å²) in [5.41, 5.74) is 0. The summed E-state index contributed by atoms with van der Waals surface area (Å²) in [6.07, 6.45) is 13.1. The van der Waals surface area contributed by atoms with Crippen molar-refractivity contribution in [3.05, 3.63) is 0 Å². The Balaban J connectivity index is 0. The van der Waals surface area contributed by atoms with Crippen molar-refractivity contribution in [2.45, 2.75) is 76.1 Å². The Hall–Kier alpha value is 1.15. The third kappa shape index (κ3) is 30.3. The fourth-order valence-electron chi connectivity index (χ4n) is 1.67. The molecule has 0 saturated heterocycles. The van der Waals surface area contributed by atoms with E-state index in [0.29, 0.717) is 0 Å². The van der Waals surface area contributed by atoms with Gasteiger partial charge in [0.15, 0.2) is 0 Å². The first kappa shape index (κ1) is 21.5. The molecule has 3 nitrogen and oxygen atoms in total. The van der Waals surface area contributed by atoms with Crippen LogP contribution in [-0.2, 0) is 30.1 Å². The minimum Gasteiger partial charge on any atom is -0.325 e. The minimum atomic E-state index is -3.81. The molecule has 0 bridgehead atoms. The van der Waals surface area contributed by atoms with Gasteiger partial charge in [-0.05, 0) is 11.8 Å². The fourth-order valence-corrected chi connectivity index (χ4v) is 2.89. The first-order valence-corrected chi connectivity index (χ1v) is 11.3. The monoisotopic (exact) mass is 347 g/mol. The zero-order valence-electron chi connectivity index (χ0n) is 11.8. The zero-order chi connectivity index (χ0) is 14.4. The van der Waals surface area contributed by atoms with E-state index in [0.717, 1.165) is 4.51 Å². The van der Waals surface area contributed by atoms with E-state index in [1.807, 2.05) is 0 Å². The molecule has 3 N–H and O–H groups in total. The third-order valence-corrected chi connectivity index (χ3v) is 4.39. The van der Waals surface area contributed by atoms with Crippen LogP contribution in [0.3, 0.4) is 0 Å². The predicted molar refractivity (Wildman–Crippen MR) is 77.6 cm³/mol. The van der Waals surface area contributed by atoms with Crippen LogP contribution in [0.4, 0.5) is 0 Å². The summed E-state index contributed by atoms with van der Waals surface area (Å²) in [6, 6.07) is 0. The van der Waals surface area contributed by atoms with Crippen molar-refractivity contribution in [2.75, 3.05) is 0 Å². The second-order valence-electron chi connectivity index (χ2n) is 4.72. The Morgan fingerprint density at radius 1 is 0.889 bits per heavy atom.